The molecule has 0 aliphatic rings. The van der Waals surface area contributed by atoms with E-state index in [0.717, 1.165) is 20.8 Å². The number of nitrogens with zero attached hydrogens (tertiary/aromatic N) is 3. The van der Waals surface area contributed by atoms with Crippen molar-refractivity contribution in [1.29, 1.82) is 0 Å². The minimum atomic E-state index is 0.0353. The van der Waals surface area contributed by atoms with Gasteiger partial charge in [-0.15, -0.1) is 11.3 Å². The highest BCUT2D eigenvalue weighted by Crippen LogP contribution is 2.30. The first-order valence-electron chi connectivity index (χ1n) is 7.88. The fourth-order valence-corrected chi connectivity index (χ4v) is 4.34. The first-order chi connectivity index (χ1) is 12.6. The van der Waals surface area contributed by atoms with E-state index in [-0.39, 0.29) is 5.91 Å². The second-order valence-electron chi connectivity index (χ2n) is 5.54. The number of amides is 1. The van der Waals surface area contributed by atoms with Crippen LogP contribution in [-0.2, 0) is 11.3 Å². The average molecular weight is 390 g/mol. The van der Waals surface area contributed by atoms with Crippen molar-refractivity contribution in [3.8, 4) is 11.5 Å². The summed E-state index contributed by atoms with van der Waals surface area (Å²) < 4.78 is 11.6. The molecule has 0 unspecified atom stereocenters. The minimum absolute atomic E-state index is 0.0353. The highest BCUT2D eigenvalue weighted by Gasteiger charge is 2.14. The molecule has 0 bridgehead atoms. The van der Waals surface area contributed by atoms with Crippen molar-refractivity contribution < 1.29 is 14.3 Å². The van der Waals surface area contributed by atoms with E-state index in [4.69, 9.17) is 9.47 Å². The zero-order valence-electron chi connectivity index (χ0n) is 14.8. The lowest BCUT2D eigenvalue weighted by Crippen LogP contribution is -2.27. The molecule has 6 nitrogen and oxygen atoms in total. The lowest BCUT2D eigenvalue weighted by Gasteiger charge is -2.18. The van der Waals surface area contributed by atoms with Gasteiger partial charge in [-0.2, -0.15) is 0 Å². The van der Waals surface area contributed by atoms with Gasteiger partial charge in [-0.1, -0.05) is 17.8 Å². The Balaban J connectivity index is 1.62. The summed E-state index contributed by atoms with van der Waals surface area (Å²) in [4.78, 5) is 22.7. The molecule has 136 valence electrons. The Hall–Kier alpha value is -2.32. The van der Waals surface area contributed by atoms with Crippen LogP contribution in [0.2, 0.25) is 0 Å². The van der Waals surface area contributed by atoms with Crippen LogP contribution in [-0.4, -0.2) is 47.8 Å². The van der Waals surface area contributed by atoms with Gasteiger partial charge >= 0.3 is 0 Å². The van der Waals surface area contributed by atoms with Gasteiger partial charge in [0.05, 0.1) is 30.2 Å². The molecule has 0 saturated carbocycles. The van der Waals surface area contributed by atoms with E-state index < -0.39 is 0 Å². The minimum Gasteiger partial charge on any atom is -0.493 e. The lowest BCUT2D eigenvalue weighted by molar-refractivity contribution is -0.127. The number of aromatic nitrogens is 2. The standard InChI is InChI=1S/C18H19N3O3S2/c1-21(9-12-4-5-14(23-2)15(8-12)24-3)16(22)10-26-18-17-13(6-7-25-17)19-11-20-18/h4-8,11H,9-10H2,1-3H3. The summed E-state index contributed by atoms with van der Waals surface area (Å²) in [5, 5.41) is 2.83. The van der Waals surface area contributed by atoms with Crippen LogP contribution in [0.15, 0.2) is 41.0 Å². The van der Waals surface area contributed by atoms with Crippen LogP contribution in [0.5, 0.6) is 11.5 Å². The van der Waals surface area contributed by atoms with Gasteiger partial charge in [-0.3, -0.25) is 4.79 Å². The highest BCUT2D eigenvalue weighted by atomic mass is 32.2. The van der Waals surface area contributed by atoms with Gasteiger partial charge in [0.25, 0.3) is 0 Å². The van der Waals surface area contributed by atoms with Crippen molar-refractivity contribution in [2.75, 3.05) is 27.0 Å². The third-order valence-corrected chi connectivity index (χ3v) is 5.85. The molecule has 0 spiro atoms. The van der Waals surface area contributed by atoms with Crippen LogP contribution >= 0.6 is 23.1 Å². The molecule has 0 fully saturated rings. The second kappa shape index (κ2) is 8.37. The molecule has 3 aromatic rings. The summed E-state index contributed by atoms with van der Waals surface area (Å²) in [7, 11) is 4.99. The van der Waals surface area contributed by atoms with Crippen molar-refractivity contribution >= 4 is 39.2 Å². The van der Waals surface area contributed by atoms with Gasteiger partial charge < -0.3 is 14.4 Å². The van der Waals surface area contributed by atoms with Crippen molar-refractivity contribution in [2.24, 2.45) is 0 Å². The molecule has 1 aromatic carbocycles. The van der Waals surface area contributed by atoms with Crippen molar-refractivity contribution in [2.45, 2.75) is 11.6 Å². The number of rotatable bonds is 7. The van der Waals surface area contributed by atoms with E-state index in [1.807, 2.05) is 29.6 Å². The number of hydrogen-bond donors (Lipinski definition) is 0. The second-order valence-corrected chi connectivity index (χ2v) is 7.42. The Morgan fingerprint density at radius 1 is 1.19 bits per heavy atom. The summed E-state index contributed by atoms with van der Waals surface area (Å²) >= 11 is 3.03. The molecule has 0 aliphatic carbocycles. The largest absolute Gasteiger partial charge is 0.493 e. The SMILES string of the molecule is COc1ccc(CN(C)C(=O)CSc2ncnc3ccsc23)cc1OC. The Bertz CT molecular complexity index is 914. The van der Waals surface area contributed by atoms with Crippen LogP contribution in [0, 0.1) is 0 Å². The third-order valence-electron chi connectivity index (χ3n) is 3.84. The molecule has 3 rings (SSSR count). The predicted octanol–water partition coefficient (Wildman–Crippen LogP) is 3.46. The summed E-state index contributed by atoms with van der Waals surface area (Å²) in [6, 6.07) is 7.61. The van der Waals surface area contributed by atoms with E-state index in [1.165, 1.54) is 18.1 Å². The normalized spacial score (nSPS) is 10.7. The molecule has 2 heterocycles. The molecule has 1 amide bonds. The zero-order valence-corrected chi connectivity index (χ0v) is 16.4. The Morgan fingerprint density at radius 3 is 2.77 bits per heavy atom. The first-order valence-corrected chi connectivity index (χ1v) is 9.74. The van der Waals surface area contributed by atoms with Gasteiger partial charge in [-0.05, 0) is 29.1 Å². The maximum absolute atomic E-state index is 12.5. The molecule has 0 N–H and O–H groups in total. The van der Waals surface area contributed by atoms with Gasteiger partial charge in [-0.25, -0.2) is 9.97 Å². The van der Waals surface area contributed by atoms with E-state index in [1.54, 1.807) is 37.5 Å². The fraction of sp³-hybridized carbons (Fsp3) is 0.278. The maximum Gasteiger partial charge on any atom is 0.233 e. The molecular formula is C18H19N3O3S2. The number of hydrogen-bond acceptors (Lipinski definition) is 7. The fourth-order valence-electron chi connectivity index (χ4n) is 2.45. The number of methoxy groups -OCH3 is 2. The van der Waals surface area contributed by atoms with Crippen molar-refractivity contribution in [3.05, 3.63) is 41.5 Å². The molecule has 0 radical (unpaired) electrons. The number of thioether (sulfide) groups is 1. The maximum atomic E-state index is 12.5. The van der Waals surface area contributed by atoms with Gasteiger partial charge in [0.15, 0.2) is 11.5 Å². The Morgan fingerprint density at radius 2 is 2.00 bits per heavy atom. The summed E-state index contributed by atoms with van der Waals surface area (Å²) in [6.45, 7) is 0.498. The number of benzene rings is 1. The van der Waals surface area contributed by atoms with Crippen LogP contribution in [0.1, 0.15) is 5.56 Å². The molecule has 26 heavy (non-hydrogen) atoms. The zero-order chi connectivity index (χ0) is 18.5. The van der Waals surface area contributed by atoms with E-state index >= 15 is 0 Å². The molecule has 8 heteroatoms. The summed E-state index contributed by atoms with van der Waals surface area (Å²) in [5.74, 6) is 1.69. The number of thiophene rings is 1. The monoisotopic (exact) mass is 389 g/mol. The molecular weight excluding hydrogens is 370 g/mol. The first kappa shape index (κ1) is 18.5. The van der Waals surface area contributed by atoms with E-state index in [0.29, 0.717) is 23.8 Å². The van der Waals surface area contributed by atoms with Crippen LogP contribution in [0.3, 0.4) is 0 Å². The molecule has 0 aliphatic heterocycles. The molecule has 0 atom stereocenters. The average Bonchev–Trinajstić information content (AvgIpc) is 3.15. The van der Waals surface area contributed by atoms with Crippen molar-refractivity contribution in [1.82, 2.24) is 14.9 Å². The van der Waals surface area contributed by atoms with Gasteiger partial charge in [0.1, 0.15) is 11.4 Å². The Labute approximate surface area is 160 Å². The number of fused-ring (bicyclic) bond motifs is 1. The van der Waals surface area contributed by atoms with Gasteiger partial charge in [0.2, 0.25) is 5.91 Å². The summed E-state index contributed by atoms with van der Waals surface area (Å²) in [6.07, 6.45) is 1.54. The predicted molar refractivity (Wildman–Crippen MR) is 104 cm³/mol. The molecule has 0 saturated heterocycles. The smallest absolute Gasteiger partial charge is 0.233 e. The van der Waals surface area contributed by atoms with E-state index in [2.05, 4.69) is 9.97 Å². The topological polar surface area (TPSA) is 64.5 Å². The van der Waals surface area contributed by atoms with Crippen LogP contribution in [0.4, 0.5) is 0 Å². The molecule has 2 aromatic heterocycles. The number of ether oxygens (including phenoxy) is 2. The van der Waals surface area contributed by atoms with E-state index in [9.17, 15) is 4.79 Å². The number of carbonyl (C=O) groups excluding carboxylic acids is 1. The highest BCUT2D eigenvalue weighted by molar-refractivity contribution is 8.00. The third kappa shape index (κ3) is 4.08. The van der Waals surface area contributed by atoms with Crippen LogP contribution < -0.4 is 9.47 Å². The Kier molecular flexibility index (Phi) is 5.95. The number of carbonyl (C=O) groups is 1. The van der Waals surface area contributed by atoms with Crippen molar-refractivity contribution in [3.63, 3.8) is 0 Å². The van der Waals surface area contributed by atoms with Gasteiger partial charge in [0, 0.05) is 13.6 Å². The summed E-state index contributed by atoms with van der Waals surface area (Å²) in [5.41, 5.74) is 1.89. The quantitative estimate of drug-likeness (QED) is 0.455. The van der Waals surface area contributed by atoms with Crippen LogP contribution in [0.25, 0.3) is 10.2 Å². The lowest BCUT2D eigenvalue weighted by atomic mass is 10.2.